The highest BCUT2D eigenvalue weighted by Crippen LogP contribution is 2.29. The molecule has 0 saturated heterocycles. The molecule has 1 aliphatic heterocycles. The van der Waals surface area contributed by atoms with Gasteiger partial charge in [0, 0.05) is 18.5 Å². The number of nitrogens with zero attached hydrogens (tertiary/aromatic N) is 2. The molecule has 24 heavy (non-hydrogen) atoms. The summed E-state index contributed by atoms with van der Waals surface area (Å²) in [6.07, 6.45) is -3.65. The zero-order chi connectivity index (χ0) is 17.3. The third-order valence-corrected chi connectivity index (χ3v) is 4.43. The third-order valence-electron chi connectivity index (χ3n) is 3.51. The minimum absolute atomic E-state index is 0.166. The lowest BCUT2D eigenvalue weighted by Gasteiger charge is -2.13. The molecule has 0 saturated carbocycles. The fraction of sp³-hybridized carbons (Fsp3) is 0.188. The van der Waals surface area contributed by atoms with Crippen molar-refractivity contribution in [3.8, 4) is 0 Å². The Balaban J connectivity index is 1.60. The molecular weight excluding hydrogens is 341 g/mol. The maximum absolute atomic E-state index is 12.5. The van der Waals surface area contributed by atoms with Crippen molar-refractivity contribution in [1.82, 2.24) is 9.88 Å². The zero-order valence-electron chi connectivity index (χ0n) is 12.2. The number of imide groups is 1. The molecule has 0 fully saturated rings. The van der Waals surface area contributed by atoms with Crippen molar-refractivity contribution >= 4 is 23.6 Å². The zero-order valence-corrected chi connectivity index (χ0v) is 13.0. The summed E-state index contributed by atoms with van der Waals surface area (Å²) < 4.78 is 37.4. The Morgan fingerprint density at radius 3 is 2.12 bits per heavy atom. The molecule has 0 aliphatic carbocycles. The number of alkyl halides is 3. The fourth-order valence-electron chi connectivity index (χ4n) is 2.32. The number of aromatic nitrogens is 1. The summed E-state index contributed by atoms with van der Waals surface area (Å²) in [4.78, 5) is 29.2. The average molecular weight is 352 g/mol. The predicted octanol–water partition coefficient (Wildman–Crippen LogP) is 3.49. The highest BCUT2D eigenvalue weighted by atomic mass is 32.2. The van der Waals surface area contributed by atoms with Gasteiger partial charge in [-0.15, -0.1) is 11.8 Å². The first-order chi connectivity index (χ1) is 11.4. The van der Waals surface area contributed by atoms with Gasteiger partial charge < -0.3 is 0 Å². The Morgan fingerprint density at radius 1 is 1.00 bits per heavy atom. The number of halogens is 3. The van der Waals surface area contributed by atoms with Gasteiger partial charge in [-0.3, -0.25) is 14.5 Å². The normalized spacial score (nSPS) is 14.2. The SMILES string of the molecule is O=C1c2ccccc2C(=O)N1CCSc1ccc(C(F)(F)F)cn1. The minimum Gasteiger partial charge on any atom is -0.273 e. The Bertz CT molecular complexity index is 756. The highest BCUT2D eigenvalue weighted by molar-refractivity contribution is 7.99. The van der Waals surface area contributed by atoms with E-state index in [-0.39, 0.29) is 18.4 Å². The van der Waals surface area contributed by atoms with Gasteiger partial charge in [-0.25, -0.2) is 4.98 Å². The van der Waals surface area contributed by atoms with Crippen LogP contribution < -0.4 is 0 Å². The first-order valence-electron chi connectivity index (χ1n) is 6.99. The van der Waals surface area contributed by atoms with Gasteiger partial charge in [-0.2, -0.15) is 13.2 Å². The number of fused-ring (bicyclic) bond motifs is 1. The van der Waals surface area contributed by atoms with Gasteiger partial charge in [0.05, 0.1) is 21.7 Å². The van der Waals surface area contributed by atoms with E-state index in [1.54, 1.807) is 24.3 Å². The van der Waals surface area contributed by atoms with Crippen LogP contribution in [0, 0.1) is 0 Å². The molecule has 2 heterocycles. The van der Waals surface area contributed by atoms with Crippen molar-refractivity contribution in [2.75, 3.05) is 12.3 Å². The summed E-state index contributed by atoms with van der Waals surface area (Å²) in [7, 11) is 0. The van der Waals surface area contributed by atoms with E-state index >= 15 is 0 Å². The monoisotopic (exact) mass is 352 g/mol. The highest BCUT2D eigenvalue weighted by Gasteiger charge is 2.34. The summed E-state index contributed by atoms with van der Waals surface area (Å²) in [5.41, 5.74) is -0.0625. The van der Waals surface area contributed by atoms with Crippen LogP contribution in [0.25, 0.3) is 0 Å². The molecule has 0 N–H and O–H groups in total. The van der Waals surface area contributed by atoms with E-state index in [0.717, 1.165) is 17.2 Å². The van der Waals surface area contributed by atoms with Crippen molar-refractivity contribution in [1.29, 1.82) is 0 Å². The average Bonchev–Trinajstić information content (AvgIpc) is 2.80. The second kappa shape index (κ2) is 6.27. The van der Waals surface area contributed by atoms with Crippen LogP contribution in [0.2, 0.25) is 0 Å². The van der Waals surface area contributed by atoms with Gasteiger partial charge >= 0.3 is 6.18 Å². The first kappa shape index (κ1) is 16.5. The quantitative estimate of drug-likeness (QED) is 0.624. The number of hydrogen-bond acceptors (Lipinski definition) is 4. The lowest BCUT2D eigenvalue weighted by atomic mass is 10.1. The van der Waals surface area contributed by atoms with Crippen molar-refractivity contribution in [2.45, 2.75) is 11.2 Å². The number of pyridine rings is 1. The molecule has 1 aromatic heterocycles. The van der Waals surface area contributed by atoms with E-state index in [9.17, 15) is 22.8 Å². The molecule has 1 aliphatic rings. The topological polar surface area (TPSA) is 50.3 Å². The summed E-state index contributed by atoms with van der Waals surface area (Å²) >= 11 is 1.18. The van der Waals surface area contributed by atoms with E-state index in [1.165, 1.54) is 17.8 Å². The van der Waals surface area contributed by atoms with Crippen LogP contribution in [-0.4, -0.2) is 34.0 Å². The Kier molecular flexibility index (Phi) is 4.31. The number of carbonyl (C=O) groups excluding carboxylic acids is 2. The van der Waals surface area contributed by atoms with Gasteiger partial charge in [0.15, 0.2) is 0 Å². The van der Waals surface area contributed by atoms with Crippen LogP contribution in [0.3, 0.4) is 0 Å². The van der Waals surface area contributed by atoms with E-state index in [1.807, 2.05) is 0 Å². The van der Waals surface area contributed by atoms with Crippen LogP contribution in [0.15, 0.2) is 47.6 Å². The van der Waals surface area contributed by atoms with Crippen LogP contribution in [0.5, 0.6) is 0 Å². The molecule has 0 spiro atoms. The second-order valence-corrected chi connectivity index (χ2v) is 6.15. The fourth-order valence-corrected chi connectivity index (χ4v) is 3.09. The summed E-state index contributed by atoms with van der Waals surface area (Å²) in [6.45, 7) is 0.166. The van der Waals surface area contributed by atoms with Gasteiger partial charge in [0.25, 0.3) is 11.8 Å². The lowest BCUT2D eigenvalue weighted by Crippen LogP contribution is -2.31. The van der Waals surface area contributed by atoms with Crippen molar-refractivity contribution < 1.29 is 22.8 Å². The number of carbonyl (C=O) groups is 2. The van der Waals surface area contributed by atoms with Crippen molar-refractivity contribution in [3.05, 3.63) is 59.3 Å². The van der Waals surface area contributed by atoms with Crippen molar-refractivity contribution in [2.24, 2.45) is 0 Å². The third kappa shape index (κ3) is 3.14. The molecule has 4 nitrogen and oxygen atoms in total. The molecule has 8 heteroatoms. The van der Waals surface area contributed by atoms with E-state index in [4.69, 9.17) is 0 Å². The van der Waals surface area contributed by atoms with Crippen LogP contribution in [0.1, 0.15) is 26.3 Å². The summed E-state index contributed by atoms with van der Waals surface area (Å²) in [6, 6.07) is 8.80. The summed E-state index contributed by atoms with van der Waals surface area (Å²) in [5, 5.41) is 0.402. The Hall–Kier alpha value is -2.35. The summed E-state index contributed by atoms with van der Waals surface area (Å²) in [5.74, 6) is -0.350. The molecule has 3 rings (SSSR count). The van der Waals surface area contributed by atoms with Crippen LogP contribution in [0.4, 0.5) is 13.2 Å². The molecule has 0 atom stereocenters. The largest absolute Gasteiger partial charge is 0.417 e. The number of amides is 2. The molecule has 2 aromatic rings. The second-order valence-electron chi connectivity index (χ2n) is 5.04. The molecule has 2 amide bonds. The molecule has 1 aromatic carbocycles. The van der Waals surface area contributed by atoms with Crippen LogP contribution >= 0.6 is 11.8 Å². The maximum atomic E-state index is 12.5. The number of thioether (sulfide) groups is 1. The molecule has 0 unspecified atom stereocenters. The maximum Gasteiger partial charge on any atom is 0.417 e. The first-order valence-corrected chi connectivity index (χ1v) is 7.98. The van der Waals surface area contributed by atoms with E-state index < -0.39 is 11.7 Å². The van der Waals surface area contributed by atoms with Crippen LogP contribution in [-0.2, 0) is 6.18 Å². The van der Waals surface area contributed by atoms with Crippen molar-refractivity contribution in [3.63, 3.8) is 0 Å². The molecular formula is C16H11F3N2O2S. The van der Waals surface area contributed by atoms with Gasteiger partial charge in [0.2, 0.25) is 0 Å². The Labute approximate surface area is 139 Å². The molecule has 0 bridgehead atoms. The van der Waals surface area contributed by atoms with E-state index in [0.29, 0.717) is 21.9 Å². The molecule has 0 radical (unpaired) electrons. The van der Waals surface area contributed by atoms with Gasteiger partial charge in [-0.1, -0.05) is 12.1 Å². The van der Waals surface area contributed by atoms with Gasteiger partial charge in [-0.05, 0) is 24.3 Å². The standard InChI is InChI=1S/C16H11F3N2O2S/c17-16(18,19)10-5-6-13(20-9-10)24-8-7-21-14(22)11-3-1-2-4-12(11)15(21)23/h1-6,9H,7-8H2. The molecule has 124 valence electrons. The smallest absolute Gasteiger partial charge is 0.273 e. The van der Waals surface area contributed by atoms with Gasteiger partial charge in [0.1, 0.15) is 0 Å². The number of benzene rings is 1. The Morgan fingerprint density at radius 2 is 1.62 bits per heavy atom. The predicted molar refractivity (Wildman–Crippen MR) is 81.8 cm³/mol. The minimum atomic E-state index is -4.42. The van der Waals surface area contributed by atoms with E-state index in [2.05, 4.69) is 4.98 Å². The number of hydrogen-bond donors (Lipinski definition) is 0. The number of rotatable bonds is 4. The lowest BCUT2D eigenvalue weighted by molar-refractivity contribution is -0.137.